The predicted molar refractivity (Wildman–Crippen MR) is 141 cm³/mol. The molecule has 182 valence electrons. The molecule has 0 amide bonds. The molecular formula is C26H30N6O2S. The van der Waals surface area contributed by atoms with E-state index in [1.807, 2.05) is 62.5 Å². The summed E-state index contributed by atoms with van der Waals surface area (Å²) in [5.74, 6) is 0.315. The first-order valence-corrected chi connectivity index (χ1v) is 12.0. The number of carbonyl (C=O) groups is 1. The zero-order valence-electron chi connectivity index (χ0n) is 19.8. The van der Waals surface area contributed by atoms with Crippen LogP contribution < -0.4 is 10.6 Å². The third kappa shape index (κ3) is 9.60. The molecule has 1 aromatic carbocycles. The molecule has 3 rings (SSSR count). The molecule has 3 aromatic rings. The van der Waals surface area contributed by atoms with Crippen molar-refractivity contribution in [1.29, 1.82) is 5.41 Å². The van der Waals surface area contributed by atoms with Gasteiger partial charge in [-0.3, -0.25) is 9.78 Å². The van der Waals surface area contributed by atoms with E-state index in [2.05, 4.69) is 37.0 Å². The highest BCUT2D eigenvalue weighted by Crippen LogP contribution is 2.26. The number of rotatable bonds is 13. The molecule has 3 N–H and O–H groups in total. The maximum Gasteiger partial charge on any atom is 0.325 e. The van der Waals surface area contributed by atoms with E-state index >= 15 is 0 Å². The molecule has 0 radical (unpaired) electrons. The van der Waals surface area contributed by atoms with Gasteiger partial charge >= 0.3 is 5.97 Å². The summed E-state index contributed by atoms with van der Waals surface area (Å²) in [4.78, 5) is 21.8. The van der Waals surface area contributed by atoms with Crippen LogP contribution >= 0.6 is 11.9 Å². The minimum atomic E-state index is -0.313. The lowest BCUT2D eigenvalue weighted by Gasteiger charge is -2.21. The molecule has 8 nitrogen and oxygen atoms in total. The van der Waals surface area contributed by atoms with Crippen LogP contribution in [0.4, 0.5) is 11.5 Å². The second-order valence-corrected chi connectivity index (χ2v) is 9.02. The number of nitrogens with zero attached hydrogens (tertiary/aromatic N) is 3. The van der Waals surface area contributed by atoms with Gasteiger partial charge in [-0.2, -0.15) is 0 Å². The van der Waals surface area contributed by atoms with Crippen molar-refractivity contribution < 1.29 is 9.53 Å². The van der Waals surface area contributed by atoms with Gasteiger partial charge in [0.2, 0.25) is 0 Å². The van der Waals surface area contributed by atoms with Gasteiger partial charge in [-0.15, -0.1) is 0 Å². The average molecular weight is 491 g/mol. The van der Waals surface area contributed by atoms with E-state index in [4.69, 9.17) is 10.1 Å². The Morgan fingerprint density at radius 3 is 2.69 bits per heavy atom. The number of carbonyl (C=O) groups excluding carboxylic acids is 1. The van der Waals surface area contributed by atoms with E-state index in [-0.39, 0.29) is 18.6 Å². The van der Waals surface area contributed by atoms with Crippen molar-refractivity contribution >= 4 is 35.6 Å². The fourth-order valence-corrected chi connectivity index (χ4v) is 4.04. The van der Waals surface area contributed by atoms with Gasteiger partial charge in [0.05, 0.1) is 18.3 Å². The highest BCUT2D eigenvalue weighted by molar-refractivity contribution is 7.97. The average Bonchev–Trinajstić information content (AvgIpc) is 2.84. The van der Waals surface area contributed by atoms with Crippen molar-refractivity contribution in [2.24, 2.45) is 0 Å². The number of hydrogen-bond acceptors (Lipinski definition) is 9. The molecule has 0 saturated heterocycles. The molecule has 0 fully saturated rings. The van der Waals surface area contributed by atoms with E-state index in [9.17, 15) is 4.79 Å². The minimum absolute atomic E-state index is 0.0676. The van der Waals surface area contributed by atoms with Crippen molar-refractivity contribution in [3.8, 4) is 0 Å². The normalized spacial score (nSPS) is 11.1. The summed E-state index contributed by atoms with van der Waals surface area (Å²) in [6.07, 6.45) is 8.03. The topological polar surface area (TPSA) is 103 Å². The Balaban J connectivity index is 1.69. The molecule has 0 spiro atoms. The highest BCUT2D eigenvalue weighted by atomic mass is 32.2. The van der Waals surface area contributed by atoms with Crippen LogP contribution in [0, 0.1) is 5.41 Å². The lowest BCUT2D eigenvalue weighted by atomic mass is 10.2. The SMILES string of the molecule is CC(C)OC(=O)CNc1cccc(CN(Cc2ccc(N/C=C\C=N)cc2)Sc2cccnc2)n1. The molecule has 0 bridgehead atoms. The second-order valence-electron chi connectivity index (χ2n) is 7.85. The van der Waals surface area contributed by atoms with Gasteiger partial charge < -0.3 is 20.8 Å². The predicted octanol–water partition coefficient (Wildman–Crippen LogP) is 5.12. The molecule has 0 saturated carbocycles. The second kappa shape index (κ2) is 13.9. The van der Waals surface area contributed by atoms with E-state index in [1.54, 1.807) is 30.4 Å². The van der Waals surface area contributed by atoms with E-state index in [0.29, 0.717) is 18.9 Å². The van der Waals surface area contributed by atoms with Crippen molar-refractivity contribution in [3.63, 3.8) is 0 Å². The highest BCUT2D eigenvalue weighted by Gasteiger charge is 2.12. The zero-order chi connectivity index (χ0) is 24.9. The van der Waals surface area contributed by atoms with Gasteiger partial charge in [-0.25, -0.2) is 9.29 Å². The molecule has 2 aromatic heterocycles. The molecule has 0 aliphatic rings. The van der Waals surface area contributed by atoms with Gasteiger partial charge in [0, 0.05) is 41.9 Å². The Hall–Kier alpha value is -3.69. The van der Waals surface area contributed by atoms with Crippen molar-refractivity contribution in [1.82, 2.24) is 14.3 Å². The van der Waals surface area contributed by atoms with Crippen LogP contribution in [0.2, 0.25) is 0 Å². The Kier molecular flexibility index (Phi) is 10.3. The Morgan fingerprint density at radius 2 is 1.97 bits per heavy atom. The summed E-state index contributed by atoms with van der Waals surface area (Å²) in [5, 5.41) is 13.2. The van der Waals surface area contributed by atoms with Gasteiger partial charge in [-0.05, 0) is 73.8 Å². The summed E-state index contributed by atoms with van der Waals surface area (Å²) in [6, 6.07) is 17.8. The number of anilines is 2. The zero-order valence-corrected chi connectivity index (χ0v) is 20.7. The number of esters is 1. The quantitative estimate of drug-likeness (QED) is 0.172. The summed E-state index contributed by atoms with van der Waals surface area (Å²) in [7, 11) is 0. The number of hydrogen-bond donors (Lipinski definition) is 3. The van der Waals surface area contributed by atoms with E-state index in [1.165, 1.54) is 6.21 Å². The number of benzene rings is 1. The monoisotopic (exact) mass is 490 g/mol. The number of aromatic nitrogens is 2. The van der Waals surface area contributed by atoms with Crippen LogP contribution in [0.3, 0.4) is 0 Å². The molecule has 0 aliphatic heterocycles. The van der Waals surface area contributed by atoms with E-state index < -0.39 is 0 Å². The van der Waals surface area contributed by atoms with Crippen LogP contribution in [0.15, 0.2) is 84.2 Å². The Labute approximate surface area is 210 Å². The summed E-state index contributed by atoms with van der Waals surface area (Å²) < 4.78 is 7.39. The molecule has 0 atom stereocenters. The number of nitrogens with one attached hydrogen (secondary N) is 3. The first kappa shape index (κ1) is 25.9. The largest absolute Gasteiger partial charge is 0.462 e. The van der Waals surface area contributed by atoms with Gasteiger partial charge in [0.15, 0.2) is 0 Å². The fraction of sp³-hybridized carbons (Fsp3) is 0.231. The Morgan fingerprint density at radius 1 is 1.14 bits per heavy atom. The third-order valence-corrected chi connectivity index (χ3v) is 5.52. The molecule has 9 heteroatoms. The van der Waals surface area contributed by atoms with Crippen LogP contribution in [0.1, 0.15) is 25.1 Å². The first-order chi connectivity index (χ1) is 17.0. The van der Waals surface area contributed by atoms with E-state index in [0.717, 1.165) is 21.8 Å². The number of pyridine rings is 2. The molecule has 2 heterocycles. The van der Waals surface area contributed by atoms with Crippen molar-refractivity contribution in [2.75, 3.05) is 17.2 Å². The van der Waals surface area contributed by atoms with Gasteiger partial charge in [0.25, 0.3) is 0 Å². The summed E-state index contributed by atoms with van der Waals surface area (Å²) >= 11 is 1.61. The maximum absolute atomic E-state index is 11.8. The Bertz CT molecular complexity index is 1110. The van der Waals surface area contributed by atoms with Gasteiger partial charge in [-0.1, -0.05) is 18.2 Å². The van der Waals surface area contributed by atoms with Crippen molar-refractivity contribution in [3.05, 3.63) is 90.5 Å². The molecular weight excluding hydrogens is 460 g/mol. The lowest BCUT2D eigenvalue weighted by Crippen LogP contribution is -2.21. The maximum atomic E-state index is 11.8. The van der Waals surface area contributed by atoms with Crippen molar-refractivity contribution in [2.45, 2.75) is 37.9 Å². The van der Waals surface area contributed by atoms with Crippen LogP contribution in [0.5, 0.6) is 0 Å². The van der Waals surface area contributed by atoms with Crippen LogP contribution in [0.25, 0.3) is 0 Å². The smallest absolute Gasteiger partial charge is 0.325 e. The lowest BCUT2D eigenvalue weighted by molar-refractivity contribution is -0.145. The fourth-order valence-electron chi connectivity index (χ4n) is 3.09. The number of allylic oxidation sites excluding steroid dienone is 1. The standard InChI is InChI=1S/C26H30N6O2S/c1-20(2)34-26(33)17-30-25-8-3-6-23(31-25)19-32(35-24-7-4-14-28-16-24)18-21-9-11-22(12-10-21)29-15-5-13-27/h3-16,20,27,29H,17-19H2,1-2H3,(H,30,31)/b15-5-,27-13?. The first-order valence-electron chi connectivity index (χ1n) is 11.2. The molecule has 0 aliphatic carbocycles. The third-order valence-electron chi connectivity index (χ3n) is 4.55. The molecule has 0 unspecified atom stereocenters. The van der Waals surface area contributed by atoms with Gasteiger partial charge in [0.1, 0.15) is 12.4 Å². The minimum Gasteiger partial charge on any atom is -0.462 e. The van der Waals surface area contributed by atoms with Crippen LogP contribution in [-0.2, 0) is 22.6 Å². The van der Waals surface area contributed by atoms with Crippen LogP contribution in [-0.4, -0.2) is 39.1 Å². The summed E-state index contributed by atoms with van der Waals surface area (Å²) in [5.41, 5.74) is 2.97. The molecule has 35 heavy (non-hydrogen) atoms. The summed E-state index contributed by atoms with van der Waals surface area (Å²) in [6.45, 7) is 5.00. The number of ether oxygens (including phenoxy) is 1.